The number of amides is 1. The molecule has 0 bridgehead atoms. The summed E-state index contributed by atoms with van der Waals surface area (Å²) in [6, 6.07) is 12.9. The predicted octanol–water partition coefficient (Wildman–Crippen LogP) is 4.97. The summed E-state index contributed by atoms with van der Waals surface area (Å²) in [4.78, 5) is 21.9. The summed E-state index contributed by atoms with van der Waals surface area (Å²) in [6.07, 6.45) is 3.16. The van der Waals surface area contributed by atoms with E-state index in [0.29, 0.717) is 34.6 Å². The Hall–Kier alpha value is -3.52. The van der Waals surface area contributed by atoms with Crippen LogP contribution in [-0.2, 0) is 6.54 Å². The van der Waals surface area contributed by atoms with Crippen molar-refractivity contribution in [3.63, 3.8) is 0 Å². The summed E-state index contributed by atoms with van der Waals surface area (Å²) >= 11 is 1.40. The van der Waals surface area contributed by atoms with E-state index in [4.69, 9.17) is 9.15 Å². The fourth-order valence-corrected chi connectivity index (χ4v) is 3.48. The number of carbonyl (C=O) groups excluding carboxylic acids is 1. The highest BCUT2D eigenvalue weighted by molar-refractivity contribution is 7.15. The van der Waals surface area contributed by atoms with Gasteiger partial charge in [0.15, 0.2) is 10.8 Å². The normalized spacial score (nSPS) is 10.7. The molecule has 0 aliphatic heterocycles. The topological polar surface area (TPSA) is 77.2 Å². The van der Waals surface area contributed by atoms with Gasteiger partial charge in [-0.15, -0.1) is 11.3 Å². The Labute approximate surface area is 170 Å². The molecule has 8 heteroatoms. The highest BCUT2D eigenvalue weighted by atomic mass is 32.1. The van der Waals surface area contributed by atoms with E-state index in [2.05, 4.69) is 15.3 Å². The summed E-state index contributed by atoms with van der Waals surface area (Å²) in [5.41, 5.74) is 1.17. The predicted molar refractivity (Wildman–Crippen MR) is 106 cm³/mol. The zero-order valence-corrected chi connectivity index (χ0v) is 16.2. The van der Waals surface area contributed by atoms with E-state index in [1.807, 2.05) is 6.92 Å². The molecule has 0 saturated carbocycles. The number of nitrogens with one attached hydrogen (secondary N) is 1. The molecule has 4 rings (SSSR count). The smallest absolute Gasteiger partial charge is 0.271 e. The number of hydrogen-bond donors (Lipinski definition) is 1. The summed E-state index contributed by atoms with van der Waals surface area (Å²) < 4.78 is 24.0. The second-order valence-corrected chi connectivity index (χ2v) is 7.35. The Balaban J connectivity index is 1.37. The van der Waals surface area contributed by atoms with Gasteiger partial charge in [-0.25, -0.2) is 14.4 Å². The van der Waals surface area contributed by atoms with Crippen LogP contribution in [0, 0.1) is 12.7 Å². The van der Waals surface area contributed by atoms with Crippen molar-refractivity contribution in [2.45, 2.75) is 13.5 Å². The van der Waals surface area contributed by atoms with Crippen molar-refractivity contribution in [2.24, 2.45) is 0 Å². The van der Waals surface area contributed by atoms with E-state index in [-0.39, 0.29) is 11.7 Å². The van der Waals surface area contributed by atoms with Crippen LogP contribution in [0.2, 0.25) is 0 Å². The molecule has 0 unspecified atom stereocenters. The maximum Gasteiger partial charge on any atom is 0.271 e. The molecule has 3 heterocycles. The van der Waals surface area contributed by atoms with Crippen LogP contribution in [-0.4, -0.2) is 15.9 Å². The number of thiazole rings is 1. The quantitative estimate of drug-likeness (QED) is 0.487. The first-order chi connectivity index (χ1) is 14.1. The van der Waals surface area contributed by atoms with Crippen molar-refractivity contribution in [3.05, 3.63) is 82.9 Å². The molecule has 29 heavy (non-hydrogen) atoms. The number of pyridine rings is 1. The van der Waals surface area contributed by atoms with Crippen LogP contribution in [0.4, 0.5) is 4.39 Å². The van der Waals surface area contributed by atoms with Gasteiger partial charge >= 0.3 is 0 Å². The number of halogens is 1. The summed E-state index contributed by atoms with van der Waals surface area (Å²) in [5, 5.41) is 3.50. The van der Waals surface area contributed by atoms with Crippen LogP contribution in [0.5, 0.6) is 11.6 Å². The zero-order valence-electron chi connectivity index (χ0n) is 15.4. The first-order valence-corrected chi connectivity index (χ1v) is 9.58. The van der Waals surface area contributed by atoms with Gasteiger partial charge in [-0.05, 0) is 36.8 Å². The van der Waals surface area contributed by atoms with Crippen LogP contribution in [0.25, 0.3) is 10.8 Å². The molecule has 4 aromatic rings. The lowest BCUT2D eigenvalue weighted by Crippen LogP contribution is -2.23. The second kappa shape index (κ2) is 8.24. The number of aryl methyl sites for hydroxylation is 1. The fraction of sp³-hybridized carbons (Fsp3) is 0.0952. The van der Waals surface area contributed by atoms with Crippen molar-refractivity contribution in [1.29, 1.82) is 0 Å². The molecule has 6 nitrogen and oxygen atoms in total. The van der Waals surface area contributed by atoms with Gasteiger partial charge in [-0.1, -0.05) is 12.1 Å². The largest absolute Gasteiger partial charge is 0.462 e. The van der Waals surface area contributed by atoms with Gasteiger partial charge in [-0.3, -0.25) is 4.79 Å². The van der Waals surface area contributed by atoms with Gasteiger partial charge in [0.2, 0.25) is 5.88 Å². The second-order valence-electron chi connectivity index (χ2n) is 6.15. The lowest BCUT2D eigenvalue weighted by Gasteiger charge is -2.07. The molecule has 0 spiro atoms. The molecule has 0 radical (unpaired) electrons. The standard InChI is InChI=1S/C21H16FN3O3S/c1-13-19(25-21(29-13)17-6-3-9-27-17)20(26)24-12-14-7-8-18(23-11-14)28-16-5-2-4-15(22)10-16/h2-11H,12H2,1H3,(H,24,26). The lowest BCUT2D eigenvalue weighted by molar-refractivity contribution is 0.0946. The Kier molecular flexibility index (Phi) is 5.35. The van der Waals surface area contributed by atoms with Crippen LogP contribution >= 0.6 is 11.3 Å². The molecule has 1 N–H and O–H groups in total. The van der Waals surface area contributed by atoms with E-state index in [1.165, 1.54) is 23.5 Å². The minimum atomic E-state index is -0.380. The Morgan fingerprint density at radius 1 is 1.24 bits per heavy atom. The number of nitrogens with zero attached hydrogens (tertiary/aromatic N) is 2. The van der Waals surface area contributed by atoms with Gasteiger partial charge in [-0.2, -0.15) is 0 Å². The molecule has 146 valence electrons. The van der Waals surface area contributed by atoms with Crippen LogP contribution in [0.15, 0.2) is 65.4 Å². The van der Waals surface area contributed by atoms with E-state index < -0.39 is 0 Å². The molecule has 0 aliphatic rings. The first kappa shape index (κ1) is 18.8. The number of carbonyl (C=O) groups is 1. The molecule has 0 fully saturated rings. The lowest BCUT2D eigenvalue weighted by atomic mass is 10.2. The molecule has 1 amide bonds. The molecule has 0 saturated heterocycles. The fourth-order valence-electron chi connectivity index (χ4n) is 2.61. The first-order valence-electron chi connectivity index (χ1n) is 8.76. The molecular formula is C21H16FN3O3S. The van der Waals surface area contributed by atoms with Gasteiger partial charge in [0.1, 0.15) is 17.3 Å². The van der Waals surface area contributed by atoms with Crippen molar-refractivity contribution in [2.75, 3.05) is 0 Å². The Morgan fingerprint density at radius 2 is 2.14 bits per heavy atom. The van der Waals surface area contributed by atoms with Gasteiger partial charge in [0.05, 0.1) is 6.26 Å². The third kappa shape index (κ3) is 4.49. The van der Waals surface area contributed by atoms with Crippen LogP contribution in [0.3, 0.4) is 0 Å². The maximum absolute atomic E-state index is 13.2. The minimum Gasteiger partial charge on any atom is -0.462 e. The highest BCUT2D eigenvalue weighted by Crippen LogP contribution is 2.28. The number of furan rings is 1. The summed E-state index contributed by atoms with van der Waals surface area (Å²) in [6.45, 7) is 2.14. The number of ether oxygens (including phenoxy) is 1. The Bertz CT molecular complexity index is 1120. The van der Waals surface area contributed by atoms with Gasteiger partial charge in [0, 0.05) is 29.8 Å². The van der Waals surface area contributed by atoms with Gasteiger partial charge < -0.3 is 14.5 Å². The zero-order chi connectivity index (χ0) is 20.2. The van der Waals surface area contributed by atoms with E-state index in [9.17, 15) is 9.18 Å². The Morgan fingerprint density at radius 3 is 2.86 bits per heavy atom. The molecule has 0 atom stereocenters. The molecule has 3 aromatic heterocycles. The summed E-state index contributed by atoms with van der Waals surface area (Å²) in [7, 11) is 0. The number of hydrogen-bond acceptors (Lipinski definition) is 6. The molecule has 0 aliphatic carbocycles. The van der Waals surface area contributed by atoms with Crippen molar-refractivity contribution < 1.29 is 18.3 Å². The number of aromatic nitrogens is 2. The summed E-state index contributed by atoms with van der Waals surface area (Å²) in [5.74, 6) is 0.690. The average molecular weight is 409 g/mol. The van der Waals surface area contributed by atoms with Crippen molar-refractivity contribution in [3.8, 4) is 22.4 Å². The molecular weight excluding hydrogens is 393 g/mol. The van der Waals surface area contributed by atoms with E-state index in [0.717, 1.165) is 10.4 Å². The number of benzene rings is 1. The van der Waals surface area contributed by atoms with Crippen LogP contribution < -0.4 is 10.1 Å². The average Bonchev–Trinajstić information content (AvgIpc) is 3.37. The van der Waals surface area contributed by atoms with E-state index in [1.54, 1.807) is 48.9 Å². The third-order valence-corrected chi connectivity index (χ3v) is 5.00. The van der Waals surface area contributed by atoms with Crippen LogP contribution in [0.1, 0.15) is 20.9 Å². The number of rotatable bonds is 6. The highest BCUT2D eigenvalue weighted by Gasteiger charge is 2.17. The SMILES string of the molecule is Cc1sc(-c2ccco2)nc1C(=O)NCc1ccc(Oc2cccc(F)c2)nc1. The maximum atomic E-state index is 13.2. The van der Waals surface area contributed by atoms with E-state index >= 15 is 0 Å². The third-order valence-electron chi connectivity index (χ3n) is 4.01. The van der Waals surface area contributed by atoms with Crippen molar-refractivity contribution in [1.82, 2.24) is 15.3 Å². The van der Waals surface area contributed by atoms with Crippen molar-refractivity contribution >= 4 is 17.2 Å². The minimum absolute atomic E-state index is 0.267. The molecule has 1 aromatic carbocycles. The monoisotopic (exact) mass is 409 g/mol. The van der Waals surface area contributed by atoms with Gasteiger partial charge in [0.25, 0.3) is 5.91 Å².